The van der Waals surface area contributed by atoms with Gasteiger partial charge in [0, 0.05) is 17.1 Å². The van der Waals surface area contributed by atoms with E-state index in [0.717, 1.165) is 28.4 Å². The van der Waals surface area contributed by atoms with Crippen LogP contribution < -0.4 is 4.74 Å². The van der Waals surface area contributed by atoms with Gasteiger partial charge in [0.2, 0.25) is 5.17 Å². The third kappa shape index (κ3) is 4.08. The summed E-state index contributed by atoms with van der Waals surface area (Å²) >= 11 is 1.25. The highest BCUT2D eigenvalue weighted by atomic mass is 32.2. The van der Waals surface area contributed by atoms with Crippen molar-refractivity contribution in [2.24, 2.45) is 10.1 Å². The molecule has 170 valence electrons. The first-order chi connectivity index (χ1) is 16.4. The zero-order valence-corrected chi connectivity index (χ0v) is 19.9. The fourth-order valence-corrected chi connectivity index (χ4v) is 4.80. The minimum Gasteiger partial charge on any atom is -0.487 e. The maximum absolute atomic E-state index is 12.8. The van der Waals surface area contributed by atoms with Crippen LogP contribution in [0, 0.1) is 26.2 Å². The van der Waals surface area contributed by atoms with Crippen LogP contribution in [0.3, 0.4) is 0 Å². The summed E-state index contributed by atoms with van der Waals surface area (Å²) in [6, 6.07) is 19.7. The molecule has 0 saturated heterocycles. The summed E-state index contributed by atoms with van der Waals surface area (Å²) in [6.07, 6.45) is 1.73. The Hall–Kier alpha value is -3.91. The number of nitrogens with one attached hydrogen (secondary N) is 1. The zero-order valence-electron chi connectivity index (χ0n) is 19.1. The molecule has 2 aromatic carbocycles. The molecule has 0 bridgehead atoms. The fourth-order valence-electron chi connectivity index (χ4n) is 4.01. The van der Waals surface area contributed by atoms with Crippen molar-refractivity contribution in [2.45, 2.75) is 20.8 Å². The van der Waals surface area contributed by atoms with Gasteiger partial charge in [-0.1, -0.05) is 30.3 Å². The Morgan fingerprint density at radius 2 is 1.85 bits per heavy atom. The number of hydrogen-bond donors (Lipinski definition) is 1. The summed E-state index contributed by atoms with van der Waals surface area (Å²) in [6.45, 7) is 6.34. The molecule has 2 aliphatic heterocycles. The molecule has 2 aliphatic rings. The second kappa shape index (κ2) is 8.79. The fraction of sp³-hybridized carbons (Fsp3) is 0.154. The van der Waals surface area contributed by atoms with Gasteiger partial charge in [-0.3, -0.25) is 10.2 Å². The second-order valence-corrected chi connectivity index (χ2v) is 9.16. The van der Waals surface area contributed by atoms with Crippen molar-refractivity contribution in [1.29, 1.82) is 5.41 Å². The largest absolute Gasteiger partial charge is 0.487 e. The lowest BCUT2D eigenvalue weighted by atomic mass is 10.1. The van der Waals surface area contributed by atoms with Gasteiger partial charge in [-0.05, 0) is 80.1 Å². The number of nitrogens with zero attached hydrogens (tertiary/aromatic N) is 4. The second-order valence-electron chi connectivity index (χ2n) is 8.12. The highest BCUT2D eigenvalue weighted by molar-refractivity contribution is 8.27. The molecule has 1 N–H and O–H groups in total. The lowest BCUT2D eigenvalue weighted by Gasteiger charge is -2.20. The number of carbonyl (C=O) groups is 1. The summed E-state index contributed by atoms with van der Waals surface area (Å²) in [5.41, 5.74) is 5.35. The predicted octanol–water partition coefficient (Wildman–Crippen LogP) is 5.10. The van der Waals surface area contributed by atoms with Gasteiger partial charge in [-0.15, -0.1) is 0 Å². The molecule has 1 amide bonds. The Balaban J connectivity index is 1.41. The van der Waals surface area contributed by atoms with Gasteiger partial charge < -0.3 is 9.30 Å². The average molecular weight is 470 g/mol. The number of aliphatic imine (C=N–C) groups is 1. The van der Waals surface area contributed by atoms with Crippen molar-refractivity contribution in [3.8, 4) is 11.4 Å². The first-order valence-electron chi connectivity index (χ1n) is 10.8. The van der Waals surface area contributed by atoms with Crippen LogP contribution in [0.2, 0.25) is 0 Å². The van der Waals surface area contributed by atoms with Crippen molar-refractivity contribution in [3.05, 3.63) is 88.8 Å². The number of aryl methyl sites for hydroxylation is 2. The van der Waals surface area contributed by atoms with E-state index in [0.29, 0.717) is 10.2 Å². The SMILES string of the molecule is Cc1cccc(-n2c(C)cc(/C=C3/C(=N)N4N=C(COc5ccccc5)SC4=NC3=O)c2C)c1. The number of aromatic nitrogens is 1. The van der Waals surface area contributed by atoms with E-state index in [2.05, 4.69) is 39.8 Å². The molecule has 34 heavy (non-hydrogen) atoms. The van der Waals surface area contributed by atoms with Crippen LogP contribution in [0.1, 0.15) is 22.5 Å². The number of amides is 1. The van der Waals surface area contributed by atoms with E-state index in [1.807, 2.05) is 56.3 Å². The summed E-state index contributed by atoms with van der Waals surface area (Å²) in [5, 5.41) is 15.5. The molecule has 0 unspecified atom stereocenters. The number of thioether (sulfide) groups is 1. The van der Waals surface area contributed by atoms with Crippen molar-refractivity contribution in [1.82, 2.24) is 9.58 Å². The lowest BCUT2D eigenvalue weighted by molar-refractivity contribution is -0.114. The minimum atomic E-state index is -0.440. The monoisotopic (exact) mass is 469 g/mol. The Kier molecular flexibility index (Phi) is 5.67. The molecule has 7 nitrogen and oxygen atoms in total. The molecule has 0 spiro atoms. The van der Waals surface area contributed by atoms with Crippen molar-refractivity contribution in [3.63, 3.8) is 0 Å². The highest BCUT2D eigenvalue weighted by Gasteiger charge is 2.36. The number of fused-ring (bicyclic) bond motifs is 1. The molecule has 0 fully saturated rings. The van der Waals surface area contributed by atoms with E-state index in [4.69, 9.17) is 10.1 Å². The van der Waals surface area contributed by atoms with Crippen LogP contribution >= 0.6 is 11.8 Å². The molecule has 0 aliphatic carbocycles. The zero-order chi connectivity index (χ0) is 23.8. The molecule has 8 heteroatoms. The standard InChI is InChI=1S/C26H23N5O2S/c1-16-8-7-9-20(12-16)30-17(2)13-19(18(30)3)14-22-24(27)31-26(28-25(22)32)34-23(29-31)15-33-21-10-5-4-6-11-21/h4-14,27H,15H2,1-3H3/b22-14-,27-24?. The van der Waals surface area contributed by atoms with E-state index in [1.165, 1.54) is 22.3 Å². The smallest absolute Gasteiger partial charge is 0.283 e. The quantitative estimate of drug-likeness (QED) is 0.527. The molecule has 0 atom stereocenters. The van der Waals surface area contributed by atoms with E-state index in [-0.39, 0.29) is 18.0 Å². The minimum absolute atomic E-state index is 0.0116. The first-order valence-corrected chi connectivity index (χ1v) is 11.7. The molecule has 0 radical (unpaired) electrons. The Bertz CT molecular complexity index is 1400. The normalized spacial score (nSPS) is 16.6. The van der Waals surface area contributed by atoms with E-state index in [1.54, 1.807) is 6.08 Å². The predicted molar refractivity (Wildman–Crippen MR) is 137 cm³/mol. The molecular weight excluding hydrogens is 446 g/mol. The Morgan fingerprint density at radius 1 is 1.06 bits per heavy atom. The highest BCUT2D eigenvalue weighted by Crippen LogP contribution is 2.30. The number of carbonyl (C=O) groups excluding carboxylic acids is 1. The van der Waals surface area contributed by atoms with Gasteiger partial charge >= 0.3 is 0 Å². The lowest BCUT2D eigenvalue weighted by Crippen LogP contribution is -2.35. The van der Waals surface area contributed by atoms with Gasteiger partial charge in [0.1, 0.15) is 17.4 Å². The third-order valence-electron chi connectivity index (χ3n) is 5.63. The summed E-state index contributed by atoms with van der Waals surface area (Å²) < 4.78 is 7.90. The topological polar surface area (TPSA) is 83.0 Å². The van der Waals surface area contributed by atoms with Crippen LogP contribution in [0.25, 0.3) is 11.8 Å². The number of benzene rings is 2. The molecule has 5 rings (SSSR count). The van der Waals surface area contributed by atoms with Crippen LogP contribution in [0.5, 0.6) is 5.75 Å². The summed E-state index contributed by atoms with van der Waals surface area (Å²) in [7, 11) is 0. The van der Waals surface area contributed by atoms with Crippen molar-refractivity contribution in [2.75, 3.05) is 6.61 Å². The van der Waals surface area contributed by atoms with E-state index >= 15 is 0 Å². The molecular formula is C26H23N5O2S. The Labute approximate surface area is 202 Å². The molecule has 0 saturated carbocycles. The van der Waals surface area contributed by atoms with Crippen LogP contribution in [-0.2, 0) is 4.79 Å². The van der Waals surface area contributed by atoms with Crippen LogP contribution in [0.15, 0.2) is 76.3 Å². The summed E-state index contributed by atoms with van der Waals surface area (Å²) in [4.78, 5) is 17.0. The van der Waals surface area contributed by atoms with Gasteiger partial charge in [-0.2, -0.15) is 15.1 Å². The van der Waals surface area contributed by atoms with Gasteiger partial charge in [0.15, 0.2) is 5.84 Å². The van der Waals surface area contributed by atoms with Gasteiger partial charge in [-0.25, -0.2) is 0 Å². The molecule has 3 heterocycles. The number of para-hydroxylation sites is 1. The van der Waals surface area contributed by atoms with Gasteiger partial charge in [0.05, 0.1) is 5.57 Å². The third-order valence-corrected chi connectivity index (χ3v) is 6.51. The molecule has 3 aromatic rings. The van der Waals surface area contributed by atoms with E-state index < -0.39 is 5.91 Å². The number of amidine groups is 2. The summed E-state index contributed by atoms with van der Waals surface area (Å²) in [5.74, 6) is 0.301. The van der Waals surface area contributed by atoms with Gasteiger partial charge in [0.25, 0.3) is 5.91 Å². The van der Waals surface area contributed by atoms with E-state index in [9.17, 15) is 4.79 Å². The number of hydrogen-bond acceptors (Lipinski definition) is 5. The average Bonchev–Trinajstić information content (AvgIpc) is 3.35. The number of rotatable bonds is 5. The maximum atomic E-state index is 12.8. The molecule has 1 aromatic heterocycles. The maximum Gasteiger partial charge on any atom is 0.283 e. The number of hydrazone groups is 1. The first kappa shape index (κ1) is 21.9. The van der Waals surface area contributed by atoms with Crippen LogP contribution in [0.4, 0.5) is 0 Å². The number of ether oxygens (including phenoxy) is 1. The van der Waals surface area contributed by atoms with Crippen molar-refractivity contribution < 1.29 is 9.53 Å². The van der Waals surface area contributed by atoms with Crippen molar-refractivity contribution >= 4 is 39.8 Å². The Morgan fingerprint density at radius 3 is 2.62 bits per heavy atom. The van der Waals surface area contributed by atoms with Crippen LogP contribution in [-0.4, -0.2) is 38.1 Å².